The first-order chi connectivity index (χ1) is 17.4. The van der Waals surface area contributed by atoms with Crippen LogP contribution in [0.5, 0.6) is 17.2 Å². The Morgan fingerprint density at radius 3 is 2.42 bits per heavy atom. The minimum atomic E-state index is -1.09. The molecule has 1 aromatic heterocycles. The fraction of sp³-hybridized carbons (Fsp3) is 0.320. The van der Waals surface area contributed by atoms with Crippen molar-refractivity contribution in [2.45, 2.75) is 37.8 Å². The third-order valence-corrected chi connectivity index (χ3v) is 7.85. The molecule has 0 radical (unpaired) electrons. The number of rotatable bonds is 6. The zero-order chi connectivity index (χ0) is 25.2. The van der Waals surface area contributed by atoms with Crippen LogP contribution in [0.1, 0.15) is 47.8 Å². The molecule has 36 heavy (non-hydrogen) atoms. The van der Waals surface area contributed by atoms with Gasteiger partial charge in [0.2, 0.25) is 5.91 Å². The molecule has 1 atom stereocenters. The number of amides is 2. The number of benzene rings is 2. The van der Waals surface area contributed by atoms with E-state index in [0.717, 1.165) is 37.2 Å². The van der Waals surface area contributed by atoms with E-state index in [9.17, 15) is 14.7 Å². The van der Waals surface area contributed by atoms with Gasteiger partial charge in [0, 0.05) is 17.8 Å². The summed E-state index contributed by atoms with van der Waals surface area (Å²) in [5.74, 6) is 0.0938. The van der Waals surface area contributed by atoms with Crippen LogP contribution in [0.3, 0.4) is 0 Å². The summed E-state index contributed by atoms with van der Waals surface area (Å²) in [7, 11) is 0. The standard InChI is InChI=1S/C25H23Cl2N3O5S/c26-20-21(29-36-23(20)27)25(33)30(16-7-10-18-19(13-16)35-12-11-34-18)22(14-5-8-17(31)9-6-14)24(32)28-15-3-1-2-4-15/h5-10,13,15,22,31H,1-4,11-12H2,(H,28,32). The molecule has 8 nitrogen and oxygen atoms in total. The molecular weight excluding hydrogens is 525 g/mol. The molecule has 1 fully saturated rings. The second-order valence-electron chi connectivity index (χ2n) is 8.61. The van der Waals surface area contributed by atoms with Gasteiger partial charge in [-0.2, -0.15) is 4.37 Å². The van der Waals surface area contributed by atoms with Crippen molar-refractivity contribution >= 4 is 52.2 Å². The maximum absolute atomic E-state index is 14.0. The molecule has 1 saturated carbocycles. The first-order valence-electron chi connectivity index (χ1n) is 11.6. The topological polar surface area (TPSA) is 101 Å². The molecule has 2 aliphatic rings. The fourth-order valence-corrected chi connectivity index (χ4v) is 5.48. The number of anilines is 1. The number of hydrogen-bond donors (Lipinski definition) is 2. The SMILES string of the molecule is O=C(NC1CCCC1)C(c1ccc(O)cc1)N(C(=O)c1nsc(Cl)c1Cl)c1ccc2c(c1)OCCO2. The summed E-state index contributed by atoms with van der Waals surface area (Å²) < 4.78 is 15.7. The molecule has 11 heteroatoms. The maximum Gasteiger partial charge on any atom is 0.280 e. The van der Waals surface area contributed by atoms with Crippen LogP contribution in [0.25, 0.3) is 0 Å². The number of fused-ring (bicyclic) bond motifs is 1. The van der Waals surface area contributed by atoms with Crippen LogP contribution in [0, 0.1) is 0 Å². The number of ether oxygens (including phenoxy) is 2. The number of phenolic OH excluding ortho intramolecular Hbond substituents is 1. The van der Waals surface area contributed by atoms with Gasteiger partial charge in [0.05, 0.1) is 0 Å². The average molecular weight is 548 g/mol. The molecule has 3 aromatic rings. The van der Waals surface area contributed by atoms with Crippen molar-refractivity contribution < 1.29 is 24.2 Å². The Hall–Kier alpha value is -3.01. The minimum absolute atomic E-state index is 0.0200. The zero-order valence-corrected chi connectivity index (χ0v) is 21.4. The number of hydrogen-bond acceptors (Lipinski definition) is 7. The summed E-state index contributed by atoms with van der Waals surface area (Å²) in [6.45, 7) is 0.781. The van der Waals surface area contributed by atoms with Gasteiger partial charge >= 0.3 is 0 Å². The number of aromatic nitrogens is 1. The van der Waals surface area contributed by atoms with Crippen LogP contribution in [-0.4, -0.2) is 40.6 Å². The van der Waals surface area contributed by atoms with Crippen molar-refractivity contribution in [2.75, 3.05) is 18.1 Å². The van der Waals surface area contributed by atoms with Gasteiger partial charge in [0.25, 0.3) is 5.91 Å². The molecule has 2 aromatic carbocycles. The zero-order valence-electron chi connectivity index (χ0n) is 19.1. The third kappa shape index (κ3) is 4.96. The molecule has 1 unspecified atom stereocenters. The summed E-state index contributed by atoms with van der Waals surface area (Å²) in [6, 6.07) is 10.2. The molecule has 188 valence electrons. The quantitative estimate of drug-likeness (QED) is 0.430. The van der Waals surface area contributed by atoms with E-state index in [1.54, 1.807) is 30.3 Å². The predicted molar refractivity (Wildman–Crippen MR) is 138 cm³/mol. The molecule has 2 heterocycles. The highest BCUT2D eigenvalue weighted by Gasteiger charge is 2.37. The smallest absolute Gasteiger partial charge is 0.280 e. The Morgan fingerprint density at radius 2 is 1.75 bits per heavy atom. The Labute approximate surface area is 221 Å². The molecule has 0 spiro atoms. The van der Waals surface area contributed by atoms with Crippen molar-refractivity contribution in [3.63, 3.8) is 0 Å². The maximum atomic E-state index is 14.0. The number of nitrogens with zero attached hydrogens (tertiary/aromatic N) is 2. The first kappa shape index (κ1) is 24.7. The van der Waals surface area contributed by atoms with Gasteiger partial charge in [-0.05, 0) is 54.2 Å². The van der Waals surface area contributed by atoms with Crippen molar-refractivity contribution in [1.82, 2.24) is 9.69 Å². The lowest BCUT2D eigenvalue weighted by atomic mass is 10.0. The highest BCUT2D eigenvalue weighted by Crippen LogP contribution is 2.39. The van der Waals surface area contributed by atoms with E-state index in [-0.39, 0.29) is 32.8 Å². The molecule has 1 aliphatic carbocycles. The van der Waals surface area contributed by atoms with Gasteiger partial charge in [-0.1, -0.05) is 48.2 Å². The van der Waals surface area contributed by atoms with Crippen LogP contribution in [0.4, 0.5) is 5.69 Å². The summed E-state index contributed by atoms with van der Waals surface area (Å²) in [5.41, 5.74) is 0.840. The summed E-state index contributed by atoms with van der Waals surface area (Å²) in [6.07, 6.45) is 3.82. The van der Waals surface area contributed by atoms with E-state index in [2.05, 4.69) is 9.69 Å². The van der Waals surface area contributed by atoms with E-state index >= 15 is 0 Å². The highest BCUT2D eigenvalue weighted by atomic mass is 35.5. The van der Waals surface area contributed by atoms with Gasteiger partial charge < -0.3 is 19.9 Å². The number of phenols is 1. The molecule has 2 N–H and O–H groups in total. The van der Waals surface area contributed by atoms with Crippen LogP contribution in [-0.2, 0) is 4.79 Å². The van der Waals surface area contributed by atoms with Gasteiger partial charge in [0.1, 0.15) is 34.4 Å². The van der Waals surface area contributed by atoms with E-state index in [0.29, 0.717) is 36.0 Å². The second kappa shape index (κ2) is 10.5. The number of carbonyl (C=O) groups is 2. The molecule has 1 aliphatic heterocycles. The van der Waals surface area contributed by atoms with Crippen LogP contribution >= 0.6 is 34.7 Å². The monoisotopic (exact) mass is 547 g/mol. The van der Waals surface area contributed by atoms with E-state index in [1.165, 1.54) is 17.0 Å². The van der Waals surface area contributed by atoms with Gasteiger partial charge in [-0.25, -0.2) is 0 Å². The first-order valence-corrected chi connectivity index (χ1v) is 13.1. The third-order valence-electron chi connectivity index (χ3n) is 6.24. The van der Waals surface area contributed by atoms with Crippen molar-refractivity contribution in [1.29, 1.82) is 0 Å². The second-order valence-corrected chi connectivity index (χ2v) is 10.4. The molecular formula is C25H23Cl2N3O5S. The molecule has 0 saturated heterocycles. The Balaban J connectivity index is 1.63. The lowest BCUT2D eigenvalue weighted by Crippen LogP contribution is -2.46. The van der Waals surface area contributed by atoms with E-state index < -0.39 is 11.9 Å². The molecule has 2 amide bonds. The normalized spacial score (nSPS) is 15.9. The summed E-state index contributed by atoms with van der Waals surface area (Å²) in [5, 5.41) is 13.0. The lowest BCUT2D eigenvalue weighted by Gasteiger charge is -2.32. The molecule has 5 rings (SSSR count). The van der Waals surface area contributed by atoms with Gasteiger partial charge in [-0.3, -0.25) is 14.5 Å². The van der Waals surface area contributed by atoms with Gasteiger partial charge in [0.15, 0.2) is 17.2 Å². The Kier molecular flexibility index (Phi) is 7.22. The highest BCUT2D eigenvalue weighted by molar-refractivity contribution is 7.11. The van der Waals surface area contributed by atoms with Crippen LogP contribution < -0.4 is 19.7 Å². The number of nitrogens with one attached hydrogen (secondary N) is 1. The summed E-state index contributed by atoms with van der Waals surface area (Å²) in [4.78, 5) is 29.1. The van der Waals surface area contributed by atoms with E-state index in [1.807, 2.05) is 0 Å². The van der Waals surface area contributed by atoms with Crippen molar-refractivity contribution in [3.8, 4) is 17.2 Å². The Morgan fingerprint density at radius 1 is 1.06 bits per heavy atom. The van der Waals surface area contributed by atoms with Gasteiger partial charge in [-0.15, -0.1) is 0 Å². The van der Waals surface area contributed by atoms with Crippen LogP contribution in [0.2, 0.25) is 9.36 Å². The van der Waals surface area contributed by atoms with Crippen LogP contribution in [0.15, 0.2) is 42.5 Å². The van der Waals surface area contributed by atoms with Crippen molar-refractivity contribution in [2.24, 2.45) is 0 Å². The Bertz CT molecular complexity index is 1280. The largest absolute Gasteiger partial charge is 0.508 e. The average Bonchev–Trinajstić information content (AvgIpc) is 3.52. The molecule has 0 bridgehead atoms. The number of halogens is 2. The minimum Gasteiger partial charge on any atom is -0.508 e. The fourth-order valence-electron chi connectivity index (χ4n) is 4.50. The number of carbonyl (C=O) groups excluding carboxylic acids is 2. The summed E-state index contributed by atoms with van der Waals surface area (Å²) >= 11 is 13.3. The predicted octanol–water partition coefficient (Wildman–Crippen LogP) is 5.37. The van der Waals surface area contributed by atoms with Crippen molar-refractivity contribution in [3.05, 3.63) is 63.1 Å². The number of aromatic hydroxyl groups is 1. The van der Waals surface area contributed by atoms with E-state index in [4.69, 9.17) is 32.7 Å². The lowest BCUT2D eigenvalue weighted by molar-refractivity contribution is -0.123.